The van der Waals surface area contributed by atoms with Gasteiger partial charge in [-0.15, -0.1) is 0 Å². The van der Waals surface area contributed by atoms with Crippen molar-refractivity contribution in [3.63, 3.8) is 0 Å². The Morgan fingerprint density at radius 2 is 2.05 bits per heavy atom. The molecule has 0 saturated carbocycles. The largest absolute Gasteiger partial charge is 0.436 e. The molecule has 1 rings (SSSR count). The van der Waals surface area contributed by atoms with Crippen molar-refractivity contribution in [3.05, 3.63) is 15.9 Å². The lowest BCUT2D eigenvalue weighted by Gasteiger charge is -2.08. The topological polar surface area (TPSA) is 93.5 Å². The van der Waals surface area contributed by atoms with Crippen LogP contribution < -0.4 is 4.72 Å². The molecular formula is C10H15BrF3N3O4S. The fourth-order valence-electron chi connectivity index (χ4n) is 1.49. The summed E-state index contributed by atoms with van der Waals surface area (Å²) in [6.45, 7) is -0.688. The van der Waals surface area contributed by atoms with E-state index in [1.807, 2.05) is 0 Å². The number of ether oxygens (including phenoxy) is 1. The first-order chi connectivity index (χ1) is 10.1. The average Bonchev–Trinajstić information content (AvgIpc) is 2.68. The summed E-state index contributed by atoms with van der Waals surface area (Å²) in [7, 11) is -2.43. The minimum absolute atomic E-state index is 0.0116. The van der Waals surface area contributed by atoms with Gasteiger partial charge in [0.25, 0.3) is 0 Å². The number of sulfonamides is 1. The second-order valence-electron chi connectivity index (χ2n) is 4.21. The maximum absolute atomic E-state index is 12.7. The van der Waals surface area contributed by atoms with Crippen molar-refractivity contribution in [2.24, 2.45) is 7.05 Å². The summed E-state index contributed by atoms with van der Waals surface area (Å²) in [5.41, 5.74) is -1.07. The fourth-order valence-corrected chi connectivity index (χ4v) is 3.03. The van der Waals surface area contributed by atoms with E-state index in [1.54, 1.807) is 0 Å². The lowest BCUT2D eigenvalue weighted by atomic mass is 10.3. The summed E-state index contributed by atoms with van der Waals surface area (Å²) in [5.74, 6) is -0.366. The minimum Gasteiger partial charge on any atom is -0.394 e. The standard InChI is InChI=1S/C10H15BrF3N3O4S/c1-17-7(8(11)9(16-17)10(12,13)14)6-15-22(19,20)5-4-21-3-2-18/h15,18H,2-6H2,1H3. The van der Waals surface area contributed by atoms with E-state index in [-0.39, 0.29) is 42.3 Å². The van der Waals surface area contributed by atoms with Gasteiger partial charge in [0, 0.05) is 7.05 Å². The zero-order chi connectivity index (χ0) is 17.0. The van der Waals surface area contributed by atoms with Gasteiger partial charge >= 0.3 is 6.18 Å². The van der Waals surface area contributed by atoms with Gasteiger partial charge in [-0.3, -0.25) is 4.68 Å². The number of rotatable bonds is 8. The number of aliphatic hydroxyl groups excluding tert-OH is 1. The van der Waals surface area contributed by atoms with Crippen molar-refractivity contribution in [3.8, 4) is 0 Å². The molecule has 0 bridgehead atoms. The number of aliphatic hydroxyl groups is 1. The molecule has 0 saturated heterocycles. The SMILES string of the molecule is Cn1nc(C(F)(F)F)c(Br)c1CNS(=O)(=O)CCOCCO. The molecule has 7 nitrogen and oxygen atoms in total. The van der Waals surface area contributed by atoms with Crippen LogP contribution in [0, 0.1) is 0 Å². The zero-order valence-corrected chi connectivity index (χ0v) is 13.9. The molecule has 0 unspecified atom stereocenters. The van der Waals surface area contributed by atoms with Crippen LogP contribution in [-0.4, -0.2) is 48.9 Å². The third kappa shape index (κ3) is 5.50. The van der Waals surface area contributed by atoms with E-state index < -0.39 is 21.9 Å². The minimum atomic E-state index is -4.63. The Hall–Kier alpha value is -0.690. The molecule has 1 heterocycles. The summed E-state index contributed by atoms with van der Waals surface area (Å²) >= 11 is 2.79. The molecule has 0 aromatic carbocycles. The number of halogens is 4. The van der Waals surface area contributed by atoms with Crippen LogP contribution in [0.2, 0.25) is 0 Å². The number of alkyl halides is 3. The third-order valence-corrected chi connectivity index (χ3v) is 4.68. The van der Waals surface area contributed by atoms with Gasteiger partial charge in [0.05, 0.1) is 42.3 Å². The molecule has 2 N–H and O–H groups in total. The van der Waals surface area contributed by atoms with Crippen molar-refractivity contribution >= 4 is 26.0 Å². The van der Waals surface area contributed by atoms with Crippen LogP contribution in [0.4, 0.5) is 13.2 Å². The van der Waals surface area contributed by atoms with Gasteiger partial charge in [-0.05, 0) is 15.9 Å². The predicted octanol–water partition coefficient (Wildman–Crippen LogP) is 0.630. The van der Waals surface area contributed by atoms with Crippen LogP contribution in [0.25, 0.3) is 0 Å². The van der Waals surface area contributed by atoms with Crippen LogP contribution >= 0.6 is 15.9 Å². The van der Waals surface area contributed by atoms with E-state index in [0.717, 1.165) is 4.68 Å². The normalized spacial score (nSPS) is 12.8. The van der Waals surface area contributed by atoms with Crippen molar-refractivity contribution in [2.75, 3.05) is 25.6 Å². The first kappa shape index (κ1) is 19.4. The van der Waals surface area contributed by atoms with Gasteiger partial charge in [-0.25, -0.2) is 13.1 Å². The molecule has 0 amide bonds. The van der Waals surface area contributed by atoms with E-state index in [4.69, 9.17) is 9.84 Å². The lowest BCUT2D eigenvalue weighted by Crippen LogP contribution is -2.29. The van der Waals surface area contributed by atoms with Crippen molar-refractivity contribution in [2.45, 2.75) is 12.7 Å². The Bertz CT molecular complexity index is 603. The summed E-state index contributed by atoms with van der Waals surface area (Å²) in [4.78, 5) is 0. The Balaban J connectivity index is 2.70. The van der Waals surface area contributed by atoms with Crippen LogP contribution in [0.3, 0.4) is 0 Å². The smallest absolute Gasteiger partial charge is 0.394 e. The Morgan fingerprint density at radius 3 is 2.55 bits per heavy atom. The summed E-state index contributed by atoms with van der Waals surface area (Å²) in [6.07, 6.45) is -4.63. The quantitative estimate of drug-likeness (QED) is 0.614. The fraction of sp³-hybridized carbons (Fsp3) is 0.700. The molecule has 1 aromatic heterocycles. The highest BCUT2D eigenvalue weighted by Gasteiger charge is 2.38. The Kier molecular flexibility index (Phi) is 6.80. The second-order valence-corrected chi connectivity index (χ2v) is 6.93. The number of aryl methyl sites for hydroxylation is 1. The predicted molar refractivity (Wildman–Crippen MR) is 74.4 cm³/mol. The van der Waals surface area contributed by atoms with E-state index >= 15 is 0 Å². The first-order valence-corrected chi connectivity index (χ1v) is 8.47. The number of hydrogen-bond acceptors (Lipinski definition) is 5. The van der Waals surface area contributed by atoms with Gasteiger partial charge in [-0.1, -0.05) is 0 Å². The average molecular weight is 410 g/mol. The highest BCUT2D eigenvalue weighted by atomic mass is 79.9. The second kappa shape index (κ2) is 7.73. The van der Waals surface area contributed by atoms with Gasteiger partial charge in [0.2, 0.25) is 10.0 Å². The van der Waals surface area contributed by atoms with E-state index in [9.17, 15) is 21.6 Å². The Morgan fingerprint density at radius 1 is 1.41 bits per heavy atom. The van der Waals surface area contributed by atoms with Crippen LogP contribution in [0.5, 0.6) is 0 Å². The summed E-state index contributed by atoms with van der Waals surface area (Å²) in [5, 5.41) is 11.8. The highest BCUT2D eigenvalue weighted by molar-refractivity contribution is 9.10. The molecule has 0 aliphatic rings. The number of aromatic nitrogens is 2. The molecule has 1 aromatic rings. The molecule has 0 aliphatic heterocycles. The molecule has 0 fully saturated rings. The maximum Gasteiger partial charge on any atom is 0.436 e. The van der Waals surface area contributed by atoms with E-state index in [1.165, 1.54) is 7.05 Å². The number of nitrogens with zero attached hydrogens (tertiary/aromatic N) is 2. The van der Waals surface area contributed by atoms with Crippen LogP contribution in [-0.2, 0) is 34.5 Å². The molecule has 0 radical (unpaired) electrons. The highest BCUT2D eigenvalue weighted by Crippen LogP contribution is 2.35. The number of nitrogens with one attached hydrogen (secondary N) is 1. The first-order valence-electron chi connectivity index (χ1n) is 6.03. The number of hydrogen-bond donors (Lipinski definition) is 2. The van der Waals surface area contributed by atoms with E-state index in [2.05, 4.69) is 25.8 Å². The summed E-state index contributed by atoms with van der Waals surface area (Å²) in [6, 6.07) is 0. The molecule has 12 heteroatoms. The molecule has 0 aliphatic carbocycles. The van der Waals surface area contributed by atoms with Gasteiger partial charge in [-0.2, -0.15) is 18.3 Å². The Labute approximate surface area is 133 Å². The zero-order valence-electron chi connectivity index (χ0n) is 11.5. The molecule has 22 heavy (non-hydrogen) atoms. The lowest BCUT2D eigenvalue weighted by molar-refractivity contribution is -0.142. The van der Waals surface area contributed by atoms with Crippen molar-refractivity contribution < 1.29 is 31.4 Å². The van der Waals surface area contributed by atoms with Crippen LogP contribution in [0.15, 0.2) is 4.47 Å². The van der Waals surface area contributed by atoms with Gasteiger partial charge in [0.1, 0.15) is 0 Å². The maximum atomic E-state index is 12.7. The van der Waals surface area contributed by atoms with Crippen LogP contribution in [0.1, 0.15) is 11.4 Å². The van der Waals surface area contributed by atoms with Crippen molar-refractivity contribution in [1.29, 1.82) is 0 Å². The van der Waals surface area contributed by atoms with E-state index in [0.29, 0.717) is 0 Å². The molecular weight excluding hydrogens is 395 g/mol. The van der Waals surface area contributed by atoms with Gasteiger partial charge in [0.15, 0.2) is 5.69 Å². The molecule has 128 valence electrons. The van der Waals surface area contributed by atoms with Gasteiger partial charge < -0.3 is 9.84 Å². The van der Waals surface area contributed by atoms with Crippen molar-refractivity contribution in [1.82, 2.24) is 14.5 Å². The third-order valence-electron chi connectivity index (χ3n) is 2.56. The summed E-state index contributed by atoms with van der Waals surface area (Å²) < 4.78 is 69.0. The molecule has 0 atom stereocenters. The monoisotopic (exact) mass is 409 g/mol. The molecule has 0 spiro atoms.